The minimum absolute atomic E-state index is 0.0411. The summed E-state index contributed by atoms with van der Waals surface area (Å²) in [4.78, 5) is 14.1. The summed E-state index contributed by atoms with van der Waals surface area (Å²) in [6, 6.07) is 7.90. The molecule has 1 saturated heterocycles. The third-order valence-corrected chi connectivity index (χ3v) is 5.11. The number of carbonyl (C=O) groups is 1. The minimum Gasteiger partial charge on any atom is -0.341 e. The van der Waals surface area contributed by atoms with Crippen molar-refractivity contribution in [3.05, 3.63) is 35.4 Å². The highest BCUT2D eigenvalue weighted by Crippen LogP contribution is 2.11. The van der Waals surface area contributed by atoms with Gasteiger partial charge in [0.05, 0.1) is 0 Å². The van der Waals surface area contributed by atoms with E-state index in [-0.39, 0.29) is 12.5 Å². The van der Waals surface area contributed by atoms with Crippen molar-refractivity contribution < 1.29 is 13.2 Å². The Morgan fingerprint density at radius 2 is 1.87 bits per heavy atom. The normalized spacial score (nSPS) is 17.0. The van der Waals surface area contributed by atoms with Gasteiger partial charge in [0.2, 0.25) is 5.91 Å². The highest BCUT2D eigenvalue weighted by molar-refractivity contribution is 7.86. The fraction of sp³-hybridized carbons (Fsp3) is 0.533. The molecule has 0 unspecified atom stereocenters. The van der Waals surface area contributed by atoms with Gasteiger partial charge in [-0.25, -0.2) is 5.14 Å². The van der Waals surface area contributed by atoms with E-state index in [4.69, 9.17) is 10.9 Å². The SMILES string of the molecule is NCc1cccc(CCC(=O)N2CCCN(S(N)(=O)=O)CC2)c1. The van der Waals surface area contributed by atoms with Crippen LogP contribution >= 0.6 is 0 Å². The first-order valence-corrected chi connectivity index (χ1v) is 9.24. The van der Waals surface area contributed by atoms with Crippen LogP contribution in [0.25, 0.3) is 0 Å². The van der Waals surface area contributed by atoms with Gasteiger partial charge in [-0.1, -0.05) is 24.3 Å². The van der Waals surface area contributed by atoms with Gasteiger partial charge in [0.15, 0.2) is 0 Å². The third-order valence-electron chi connectivity index (χ3n) is 4.02. The fourth-order valence-corrected chi connectivity index (χ4v) is 3.44. The molecular weight excluding hydrogens is 316 g/mol. The van der Waals surface area contributed by atoms with Gasteiger partial charge in [0, 0.05) is 39.1 Å². The first-order valence-electron chi connectivity index (χ1n) is 7.73. The van der Waals surface area contributed by atoms with E-state index in [1.165, 1.54) is 4.31 Å². The quantitative estimate of drug-likeness (QED) is 0.774. The largest absolute Gasteiger partial charge is 0.341 e. The van der Waals surface area contributed by atoms with Gasteiger partial charge < -0.3 is 10.6 Å². The van der Waals surface area contributed by atoms with Crippen LogP contribution in [0.3, 0.4) is 0 Å². The molecule has 0 bridgehead atoms. The summed E-state index contributed by atoms with van der Waals surface area (Å²) in [6.07, 6.45) is 1.66. The minimum atomic E-state index is -3.68. The molecule has 1 aliphatic rings. The van der Waals surface area contributed by atoms with Crippen molar-refractivity contribution in [1.29, 1.82) is 0 Å². The molecule has 1 aromatic rings. The predicted octanol–water partition coefficient (Wildman–Crippen LogP) is -0.184. The summed E-state index contributed by atoms with van der Waals surface area (Å²) >= 11 is 0. The molecule has 7 nitrogen and oxygen atoms in total. The van der Waals surface area contributed by atoms with E-state index in [1.54, 1.807) is 4.90 Å². The highest BCUT2D eigenvalue weighted by Gasteiger charge is 2.23. The van der Waals surface area contributed by atoms with Gasteiger partial charge in [-0.05, 0) is 24.0 Å². The molecule has 8 heteroatoms. The van der Waals surface area contributed by atoms with Crippen LogP contribution in [0.5, 0.6) is 0 Å². The summed E-state index contributed by atoms with van der Waals surface area (Å²) in [6.45, 7) is 2.05. The third kappa shape index (κ3) is 5.28. The first kappa shape index (κ1) is 17.9. The molecule has 23 heavy (non-hydrogen) atoms. The predicted molar refractivity (Wildman–Crippen MR) is 88.5 cm³/mol. The number of aryl methyl sites for hydroxylation is 1. The van der Waals surface area contributed by atoms with Crippen LogP contribution < -0.4 is 10.9 Å². The number of nitrogens with two attached hydrogens (primary N) is 2. The Morgan fingerprint density at radius 3 is 2.57 bits per heavy atom. The zero-order valence-electron chi connectivity index (χ0n) is 13.1. The Bertz CT molecular complexity index is 648. The lowest BCUT2D eigenvalue weighted by molar-refractivity contribution is -0.131. The second-order valence-electron chi connectivity index (χ2n) is 5.70. The van der Waals surface area contributed by atoms with E-state index >= 15 is 0 Å². The lowest BCUT2D eigenvalue weighted by Crippen LogP contribution is -2.40. The van der Waals surface area contributed by atoms with Gasteiger partial charge in [-0.2, -0.15) is 12.7 Å². The van der Waals surface area contributed by atoms with E-state index < -0.39 is 10.2 Å². The van der Waals surface area contributed by atoms with E-state index in [1.807, 2.05) is 24.3 Å². The topological polar surface area (TPSA) is 110 Å². The van der Waals surface area contributed by atoms with E-state index in [0.29, 0.717) is 45.4 Å². The Kier molecular flexibility index (Phi) is 6.11. The molecule has 4 N–H and O–H groups in total. The number of carbonyl (C=O) groups excluding carboxylic acids is 1. The zero-order chi connectivity index (χ0) is 16.9. The average Bonchev–Trinajstić information content (AvgIpc) is 2.78. The van der Waals surface area contributed by atoms with Crippen LogP contribution in [0.1, 0.15) is 24.0 Å². The number of rotatable bonds is 5. The zero-order valence-corrected chi connectivity index (χ0v) is 14.0. The maximum Gasteiger partial charge on any atom is 0.276 e. The van der Waals surface area contributed by atoms with Crippen LogP contribution in [-0.2, 0) is 28.0 Å². The molecule has 1 heterocycles. The molecule has 1 aromatic carbocycles. The summed E-state index contributed by atoms with van der Waals surface area (Å²) in [5, 5.41) is 5.15. The van der Waals surface area contributed by atoms with Crippen molar-refractivity contribution in [3.63, 3.8) is 0 Å². The van der Waals surface area contributed by atoms with Gasteiger partial charge >= 0.3 is 0 Å². The van der Waals surface area contributed by atoms with E-state index in [9.17, 15) is 13.2 Å². The van der Waals surface area contributed by atoms with Gasteiger partial charge in [0.25, 0.3) is 10.2 Å². The lowest BCUT2D eigenvalue weighted by Gasteiger charge is -2.21. The van der Waals surface area contributed by atoms with Crippen molar-refractivity contribution in [3.8, 4) is 0 Å². The number of hydrogen-bond donors (Lipinski definition) is 2. The maximum atomic E-state index is 12.3. The Morgan fingerprint density at radius 1 is 1.13 bits per heavy atom. The van der Waals surface area contributed by atoms with Crippen molar-refractivity contribution in [2.75, 3.05) is 26.2 Å². The van der Waals surface area contributed by atoms with Crippen LogP contribution in [0.4, 0.5) is 0 Å². The van der Waals surface area contributed by atoms with E-state index in [0.717, 1.165) is 11.1 Å². The van der Waals surface area contributed by atoms with Crippen molar-refractivity contribution in [1.82, 2.24) is 9.21 Å². The maximum absolute atomic E-state index is 12.3. The van der Waals surface area contributed by atoms with Crippen LogP contribution in [-0.4, -0.2) is 49.7 Å². The fourth-order valence-electron chi connectivity index (χ4n) is 2.72. The molecular formula is C15H24N4O3S. The van der Waals surface area contributed by atoms with E-state index in [2.05, 4.69) is 0 Å². The van der Waals surface area contributed by atoms with Gasteiger partial charge in [-0.15, -0.1) is 0 Å². The molecule has 0 aliphatic carbocycles. The standard InChI is InChI=1S/C15H24N4O3S/c16-12-14-4-1-3-13(11-14)5-6-15(20)18-7-2-8-19(10-9-18)23(17,21)22/h1,3-4,11H,2,5-10,12,16H2,(H2,17,21,22). The first-order chi connectivity index (χ1) is 10.9. The molecule has 1 aliphatic heterocycles. The molecule has 1 amide bonds. The van der Waals surface area contributed by atoms with Crippen molar-refractivity contribution in [2.24, 2.45) is 10.9 Å². The second kappa shape index (κ2) is 7.87. The molecule has 0 radical (unpaired) electrons. The monoisotopic (exact) mass is 340 g/mol. The lowest BCUT2D eigenvalue weighted by atomic mass is 10.1. The van der Waals surface area contributed by atoms with Crippen LogP contribution in [0.2, 0.25) is 0 Å². The van der Waals surface area contributed by atoms with Crippen LogP contribution in [0, 0.1) is 0 Å². The van der Waals surface area contributed by atoms with Gasteiger partial charge in [-0.3, -0.25) is 4.79 Å². The Balaban J connectivity index is 1.88. The number of hydrogen-bond acceptors (Lipinski definition) is 4. The van der Waals surface area contributed by atoms with Crippen LogP contribution in [0.15, 0.2) is 24.3 Å². The second-order valence-corrected chi connectivity index (χ2v) is 7.25. The molecule has 0 aromatic heterocycles. The van der Waals surface area contributed by atoms with Crippen molar-refractivity contribution >= 4 is 16.1 Å². The van der Waals surface area contributed by atoms with Gasteiger partial charge in [0.1, 0.15) is 0 Å². The number of benzene rings is 1. The summed E-state index contributed by atoms with van der Waals surface area (Å²) in [5.74, 6) is 0.0411. The number of amides is 1. The average molecular weight is 340 g/mol. The van der Waals surface area contributed by atoms with Crippen molar-refractivity contribution in [2.45, 2.75) is 25.8 Å². The molecule has 1 fully saturated rings. The summed E-state index contributed by atoms with van der Waals surface area (Å²) < 4.78 is 24.0. The molecule has 128 valence electrons. The Hall–Kier alpha value is -1.48. The smallest absolute Gasteiger partial charge is 0.276 e. The molecule has 2 rings (SSSR count). The molecule has 0 atom stereocenters. The molecule has 0 spiro atoms. The Labute approximate surface area is 137 Å². The summed E-state index contributed by atoms with van der Waals surface area (Å²) in [5.41, 5.74) is 7.75. The number of nitrogens with zero attached hydrogens (tertiary/aromatic N) is 2. The molecule has 0 saturated carbocycles. The summed E-state index contributed by atoms with van der Waals surface area (Å²) in [7, 11) is -3.68. The highest BCUT2D eigenvalue weighted by atomic mass is 32.2.